The maximum atomic E-state index is 14.2. The largest absolute Gasteiger partial charge is 0.497 e. The number of benzene rings is 3. The summed E-state index contributed by atoms with van der Waals surface area (Å²) in [6, 6.07) is 16.7. The highest BCUT2D eigenvalue weighted by Crippen LogP contribution is 2.36. The van der Waals surface area contributed by atoms with Crippen LogP contribution in [0.1, 0.15) is 40.9 Å². The molecule has 2 heterocycles. The highest BCUT2D eigenvalue weighted by Gasteiger charge is 2.33. The third-order valence-corrected chi connectivity index (χ3v) is 6.63. The first-order chi connectivity index (χ1) is 19.6. The normalized spacial score (nSPS) is 13.6. The lowest BCUT2D eigenvalue weighted by Crippen LogP contribution is -2.43. The summed E-state index contributed by atoms with van der Waals surface area (Å²) >= 11 is 0. The fourth-order valence-electron chi connectivity index (χ4n) is 4.60. The zero-order valence-electron chi connectivity index (χ0n) is 22.5. The smallest absolute Gasteiger partial charge is 0.255 e. The minimum Gasteiger partial charge on any atom is -0.497 e. The zero-order valence-corrected chi connectivity index (χ0v) is 22.5. The Balaban J connectivity index is 1.51. The number of methoxy groups -OCH3 is 1. The monoisotopic (exact) mass is 548 g/mol. The van der Waals surface area contributed by atoms with Crippen LogP contribution >= 0.6 is 0 Å². The Morgan fingerprint density at radius 1 is 0.900 bits per heavy atom. The first-order valence-corrected chi connectivity index (χ1v) is 13.2. The van der Waals surface area contributed by atoms with Crippen LogP contribution < -0.4 is 29.0 Å². The lowest BCUT2D eigenvalue weighted by atomic mass is 10.0. The van der Waals surface area contributed by atoms with Crippen molar-refractivity contribution >= 4 is 11.8 Å². The number of nitrogens with one attached hydrogen (secondary N) is 1. The molecule has 0 spiro atoms. The number of hydrogen-bond acceptors (Lipinski definition) is 8. The van der Waals surface area contributed by atoms with E-state index in [-0.39, 0.29) is 31.9 Å². The maximum absolute atomic E-state index is 14.2. The Kier molecular flexibility index (Phi) is 8.56. The average Bonchev–Trinajstić information content (AvgIpc) is 3.65. The van der Waals surface area contributed by atoms with Gasteiger partial charge in [-0.3, -0.25) is 9.59 Å². The number of nitrogens with zero attached hydrogens (tertiary/aromatic N) is 1. The van der Waals surface area contributed by atoms with Crippen molar-refractivity contribution in [2.45, 2.75) is 25.9 Å². The van der Waals surface area contributed by atoms with Gasteiger partial charge in [0.1, 0.15) is 11.8 Å². The van der Waals surface area contributed by atoms with Crippen LogP contribution in [-0.4, -0.2) is 57.2 Å². The summed E-state index contributed by atoms with van der Waals surface area (Å²) in [5, 5.41) is 2.99. The summed E-state index contributed by atoms with van der Waals surface area (Å²) in [5.74, 6) is 2.26. The predicted octanol–water partition coefficient (Wildman–Crippen LogP) is 4.08. The number of carbonyl (C=O) groups is 2. The van der Waals surface area contributed by atoms with E-state index in [0.717, 1.165) is 5.56 Å². The van der Waals surface area contributed by atoms with Crippen LogP contribution in [0.2, 0.25) is 0 Å². The molecule has 10 nitrogen and oxygen atoms in total. The van der Waals surface area contributed by atoms with E-state index >= 15 is 0 Å². The lowest BCUT2D eigenvalue weighted by molar-refractivity contribution is -0.126. The number of fused-ring (bicyclic) bond motifs is 2. The van der Waals surface area contributed by atoms with Crippen molar-refractivity contribution in [1.82, 2.24) is 10.2 Å². The molecule has 10 heteroatoms. The number of hydrogen-bond donors (Lipinski definition) is 1. The van der Waals surface area contributed by atoms with E-state index < -0.39 is 6.04 Å². The molecule has 1 atom stereocenters. The van der Waals surface area contributed by atoms with E-state index in [4.69, 9.17) is 28.4 Å². The van der Waals surface area contributed by atoms with Gasteiger partial charge in [0.15, 0.2) is 23.0 Å². The summed E-state index contributed by atoms with van der Waals surface area (Å²) in [4.78, 5) is 29.5. The molecule has 5 rings (SSSR count). The third-order valence-electron chi connectivity index (χ3n) is 6.63. The number of rotatable bonds is 12. The summed E-state index contributed by atoms with van der Waals surface area (Å²) in [6.45, 7) is 3.82. The molecule has 40 heavy (non-hydrogen) atoms. The number of amides is 2. The lowest BCUT2D eigenvalue weighted by Gasteiger charge is -2.32. The number of carbonyl (C=O) groups excluding carboxylic acids is 2. The summed E-state index contributed by atoms with van der Waals surface area (Å²) < 4.78 is 32.7. The molecule has 0 unspecified atom stereocenters. The molecular formula is C30H32N2O8. The van der Waals surface area contributed by atoms with Gasteiger partial charge in [-0.05, 0) is 66.9 Å². The summed E-state index contributed by atoms with van der Waals surface area (Å²) in [6.07, 6.45) is 0.646. The molecule has 2 amide bonds. The van der Waals surface area contributed by atoms with Crippen LogP contribution in [0.4, 0.5) is 0 Å². The van der Waals surface area contributed by atoms with Gasteiger partial charge in [-0.25, -0.2) is 0 Å². The maximum Gasteiger partial charge on any atom is 0.255 e. The molecule has 2 aliphatic rings. The van der Waals surface area contributed by atoms with Crippen molar-refractivity contribution in [3.63, 3.8) is 0 Å². The van der Waals surface area contributed by atoms with Crippen molar-refractivity contribution in [2.24, 2.45) is 0 Å². The molecule has 3 aromatic rings. The van der Waals surface area contributed by atoms with Gasteiger partial charge in [0.2, 0.25) is 19.5 Å². The van der Waals surface area contributed by atoms with Crippen LogP contribution in [0, 0.1) is 0 Å². The highest BCUT2D eigenvalue weighted by atomic mass is 16.7. The van der Waals surface area contributed by atoms with Gasteiger partial charge in [0.05, 0.1) is 7.11 Å². The van der Waals surface area contributed by atoms with E-state index in [1.54, 1.807) is 60.5 Å². The van der Waals surface area contributed by atoms with Gasteiger partial charge < -0.3 is 38.6 Å². The van der Waals surface area contributed by atoms with Gasteiger partial charge in [0, 0.05) is 31.9 Å². The van der Waals surface area contributed by atoms with Crippen molar-refractivity contribution in [2.75, 3.05) is 40.5 Å². The summed E-state index contributed by atoms with van der Waals surface area (Å²) in [5.41, 5.74) is 1.78. The Morgan fingerprint density at radius 3 is 2.27 bits per heavy atom. The van der Waals surface area contributed by atoms with Crippen molar-refractivity contribution in [3.05, 3.63) is 77.4 Å². The fourth-order valence-corrected chi connectivity index (χ4v) is 4.60. The first kappa shape index (κ1) is 27.1. The molecule has 0 radical (unpaired) electrons. The molecule has 0 aromatic heterocycles. The van der Waals surface area contributed by atoms with E-state index in [2.05, 4.69) is 5.32 Å². The van der Waals surface area contributed by atoms with E-state index in [9.17, 15) is 9.59 Å². The van der Waals surface area contributed by atoms with Crippen molar-refractivity contribution in [1.29, 1.82) is 0 Å². The molecule has 0 fully saturated rings. The molecule has 0 bridgehead atoms. The van der Waals surface area contributed by atoms with E-state index in [1.807, 2.05) is 19.1 Å². The molecule has 0 aliphatic carbocycles. The van der Waals surface area contributed by atoms with Crippen LogP contribution in [0.5, 0.6) is 28.7 Å². The minimum absolute atomic E-state index is 0.0898. The van der Waals surface area contributed by atoms with E-state index in [0.29, 0.717) is 66.1 Å². The van der Waals surface area contributed by atoms with Crippen LogP contribution in [0.15, 0.2) is 60.7 Å². The predicted molar refractivity (Wildman–Crippen MR) is 145 cm³/mol. The number of ether oxygens (including phenoxy) is 6. The average molecular weight is 549 g/mol. The zero-order chi connectivity index (χ0) is 27.9. The topological polar surface area (TPSA) is 105 Å². The Bertz CT molecular complexity index is 1340. The summed E-state index contributed by atoms with van der Waals surface area (Å²) in [7, 11) is 1.58. The second kappa shape index (κ2) is 12.6. The molecule has 210 valence electrons. The Morgan fingerprint density at radius 2 is 1.57 bits per heavy atom. The quantitative estimate of drug-likeness (QED) is 0.338. The van der Waals surface area contributed by atoms with Crippen molar-refractivity contribution in [3.8, 4) is 28.7 Å². The molecular weight excluding hydrogens is 516 g/mol. The molecule has 3 aromatic carbocycles. The SMILES string of the molecule is CCOCCCNC(=O)[C@@H](c1ccc(OC)cc1)N(Cc1ccc2c(c1)OCO2)C(=O)c1ccc2c(c1)OCO2. The van der Waals surface area contributed by atoms with Crippen LogP contribution in [0.3, 0.4) is 0 Å². The third kappa shape index (κ3) is 6.07. The fraction of sp³-hybridized carbons (Fsp3) is 0.333. The van der Waals surface area contributed by atoms with Crippen LogP contribution in [-0.2, 0) is 16.1 Å². The van der Waals surface area contributed by atoms with Gasteiger partial charge in [-0.1, -0.05) is 18.2 Å². The molecule has 0 saturated heterocycles. The van der Waals surface area contributed by atoms with Crippen LogP contribution in [0.25, 0.3) is 0 Å². The van der Waals surface area contributed by atoms with Crippen molar-refractivity contribution < 1.29 is 38.0 Å². The minimum atomic E-state index is -0.943. The molecule has 2 aliphatic heterocycles. The second-order valence-corrected chi connectivity index (χ2v) is 9.21. The second-order valence-electron chi connectivity index (χ2n) is 9.21. The molecule has 1 N–H and O–H groups in total. The molecule has 0 saturated carbocycles. The van der Waals surface area contributed by atoms with Gasteiger partial charge >= 0.3 is 0 Å². The Labute approximate surface area is 232 Å². The van der Waals surface area contributed by atoms with Gasteiger partial charge in [-0.2, -0.15) is 0 Å². The van der Waals surface area contributed by atoms with E-state index in [1.165, 1.54) is 0 Å². The van der Waals surface area contributed by atoms with Gasteiger partial charge in [0.25, 0.3) is 5.91 Å². The Hall–Kier alpha value is -4.44. The highest BCUT2D eigenvalue weighted by molar-refractivity contribution is 5.98. The van der Waals surface area contributed by atoms with Gasteiger partial charge in [-0.15, -0.1) is 0 Å². The first-order valence-electron chi connectivity index (χ1n) is 13.2. The standard InChI is InChI=1S/C30H32N2O8/c1-3-36-14-4-13-31-29(33)28(21-6-9-23(35-2)10-7-21)32(17-20-5-11-24-26(15-20)39-18-37-24)30(34)22-8-12-25-27(16-22)40-19-38-25/h5-12,15-16,28H,3-4,13-14,17-19H2,1-2H3,(H,31,33)/t28-/m1/s1.